The first-order valence-electron chi connectivity index (χ1n) is 39.7. The Balaban J connectivity index is 0.595. The van der Waals surface area contributed by atoms with Crippen molar-refractivity contribution in [3.8, 4) is 100 Å². The molecule has 0 bridgehead atoms. The number of furan rings is 1. The Hall–Kier alpha value is -14.9. The number of nitrogens with zero attached hydrogens (tertiary/aromatic N) is 2. The van der Waals surface area contributed by atoms with Crippen LogP contribution < -0.4 is 9.80 Å². The van der Waals surface area contributed by atoms with E-state index in [0.29, 0.717) is 0 Å². The minimum absolute atomic E-state index is 0.890. The third kappa shape index (κ3) is 12.1. The zero-order chi connectivity index (χ0) is 76.6. The van der Waals surface area contributed by atoms with Crippen molar-refractivity contribution in [3.05, 3.63) is 437 Å². The quantitative estimate of drug-likeness (QED) is 0.0954. The number of fused-ring (bicyclic) bond motifs is 11. The van der Waals surface area contributed by atoms with Crippen molar-refractivity contribution < 1.29 is 4.42 Å². The van der Waals surface area contributed by atoms with Crippen LogP contribution in [0.15, 0.2) is 441 Å². The molecule has 0 saturated heterocycles. The van der Waals surface area contributed by atoms with Gasteiger partial charge in [-0.05, 0) is 247 Å². The molecular weight excluding hydrogens is 1420 g/mol. The molecule has 3 nitrogen and oxygen atoms in total. The fourth-order valence-electron chi connectivity index (χ4n) is 17.8. The topological polar surface area (TPSA) is 19.6 Å². The third-order valence-corrected chi connectivity index (χ3v) is 24.6. The van der Waals surface area contributed by atoms with Crippen molar-refractivity contribution in [2.24, 2.45) is 0 Å². The Bertz CT molecular complexity index is 7560. The first-order chi connectivity index (χ1) is 57.5. The lowest BCUT2D eigenvalue weighted by Gasteiger charge is -2.29. The van der Waals surface area contributed by atoms with E-state index in [1.165, 1.54) is 113 Å². The van der Waals surface area contributed by atoms with E-state index in [1.807, 2.05) is 23.5 Å². The van der Waals surface area contributed by atoms with Gasteiger partial charge >= 0.3 is 0 Å². The molecule has 0 spiro atoms. The predicted octanol–water partition coefficient (Wildman–Crippen LogP) is 32.5. The van der Waals surface area contributed by atoms with Crippen LogP contribution in [0.2, 0.25) is 0 Å². The zero-order valence-electron chi connectivity index (χ0n) is 63.3. The fourth-order valence-corrected chi connectivity index (χ4v) is 18.9. The summed E-state index contributed by atoms with van der Waals surface area (Å²) in [7, 11) is 0. The second-order valence-corrected chi connectivity index (χ2v) is 31.3. The first kappa shape index (κ1) is 67.9. The molecule has 0 aliphatic carbocycles. The number of para-hydroxylation sites is 3. The second-order valence-electron chi connectivity index (χ2n) is 30.2. The van der Waals surface area contributed by atoms with Gasteiger partial charge in [0.05, 0.1) is 17.1 Å². The molecule has 2 heterocycles. The number of anilines is 6. The summed E-state index contributed by atoms with van der Waals surface area (Å²) >= 11 is 1.86. The van der Waals surface area contributed by atoms with Gasteiger partial charge in [-0.25, -0.2) is 0 Å². The number of rotatable bonds is 15. The van der Waals surface area contributed by atoms with Crippen LogP contribution in [-0.4, -0.2) is 0 Å². The van der Waals surface area contributed by atoms with E-state index < -0.39 is 0 Å². The molecule has 0 aliphatic heterocycles. The third-order valence-electron chi connectivity index (χ3n) is 23.5. The van der Waals surface area contributed by atoms with Crippen LogP contribution in [0.4, 0.5) is 34.1 Å². The number of hydrogen-bond donors (Lipinski definition) is 0. The summed E-state index contributed by atoms with van der Waals surface area (Å²) in [5, 5.41) is 14.5. The average molecular weight is 1490 g/mol. The summed E-state index contributed by atoms with van der Waals surface area (Å²) in [6, 6.07) is 161. The highest BCUT2D eigenvalue weighted by molar-refractivity contribution is 7.26. The van der Waals surface area contributed by atoms with Crippen molar-refractivity contribution in [3.63, 3.8) is 0 Å². The molecule has 0 amide bonds. The lowest BCUT2D eigenvalue weighted by Crippen LogP contribution is -2.11. The van der Waals surface area contributed by atoms with Crippen LogP contribution in [0.3, 0.4) is 0 Å². The molecule has 22 aromatic rings. The standard InChI is InChI=1S/C112H72N2OS/c1-2-21-73(22-3-1)74-45-47-75(48-46-74)76-49-58-89(59-50-76)113(90-60-51-77(52-61-90)82-57-66-109-104(71-82)101-35-10-14-42-108(101)115-109)105-39-12-8-31-97(105)86-27-17-26-85(70-86)94-38-19-29-83-67-80(55-64-95(83)94)81-56-65-96-88(68-81)72-103(100-34-7-6-33-99(96)100)79-53-62-91(63-54-79)114(107-41-20-44-111-112(107)102-36-11-15-43-110(102)116-111)106-40-13-9-32-98(106)87-28-16-25-84(69-87)93-37-18-24-78-23-4-5-30-92(78)93/h1-72H. The van der Waals surface area contributed by atoms with Gasteiger partial charge in [-0.1, -0.05) is 322 Å². The number of thiophene rings is 1. The molecular formula is C112H72N2OS. The maximum Gasteiger partial charge on any atom is 0.135 e. The van der Waals surface area contributed by atoms with Gasteiger partial charge in [-0.3, -0.25) is 0 Å². The van der Waals surface area contributed by atoms with E-state index >= 15 is 0 Å². The van der Waals surface area contributed by atoms with Gasteiger partial charge in [0, 0.05) is 59.1 Å². The molecule has 0 radical (unpaired) electrons. The maximum atomic E-state index is 6.25. The summed E-state index contributed by atoms with van der Waals surface area (Å²) in [6.45, 7) is 0. The van der Waals surface area contributed by atoms with Crippen LogP contribution in [-0.2, 0) is 0 Å². The van der Waals surface area contributed by atoms with E-state index in [-0.39, 0.29) is 0 Å². The number of hydrogen-bond acceptors (Lipinski definition) is 4. The molecule has 0 aliphatic rings. The smallest absolute Gasteiger partial charge is 0.135 e. The van der Waals surface area contributed by atoms with Gasteiger partial charge in [-0.2, -0.15) is 0 Å². The van der Waals surface area contributed by atoms with Crippen molar-refractivity contribution in [1.29, 1.82) is 0 Å². The highest BCUT2D eigenvalue weighted by atomic mass is 32.1. The lowest BCUT2D eigenvalue weighted by atomic mass is 9.90. The van der Waals surface area contributed by atoms with E-state index in [1.54, 1.807) is 0 Å². The summed E-state index contributed by atoms with van der Waals surface area (Å²) in [4.78, 5) is 4.90. The molecule has 0 fully saturated rings. The minimum atomic E-state index is 0.890. The molecule has 0 N–H and O–H groups in total. The van der Waals surface area contributed by atoms with Crippen molar-refractivity contribution in [1.82, 2.24) is 0 Å². The van der Waals surface area contributed by atoms with Gasteiger partial charge in [0.15, 0.2) is 0 Å². The van der Waals surface area contributed by atoms with Gasteiger partial charge in [-0.15, -0.1) is 11.3 Å². The molecule has 2 aromatic heterocycles. The second kappa shape index (κ2) is 28.7. The molecule has 20 aromatic carbocycles. The van der Waals surface area contributed by atoms with Crippen LogP contribution in [0.5, 0.6) is 0 Å². The molecule has 116 heavy (non-hydrogen) atoms. The van der Waals surface area contributed by atoms with Crippen molar-refractivity contribution in [2.45, 2.75) is 0 Å². The molecule has 22 rings (SSSR count). The molecule has 0 saturated carbocycles. The van der Waals surface area contributed by atoms with Gasteiger partial charge in [0.25, 0.3) is 0 Å². The highest BCUT2D eigenvalue weighted by Crippen LogP contribution is 2.50. The van der Waals surface area contributed by atoms with Crippen molar-refractivity contribution in [2.75, 3.05) is 9.80 Å². The monoisotopic (exact) mass is 1490 g/mol. The first-order valence-corrected chi connectivity index (χ1v) is 40.6. The van der Waals surface area contributed by atoms with E-state index in [2.05, 4.69) is 434 Å². The Labute approximate surface area is 677 Å². The average Bonchev–Trinajstić information content (AvgIpc) is 1.30. The Morgan fingerprint density at radius 2 is 0.569 bits per heavy atom. The molecule has 0 unspecified atom stereocenters. The zero-order valence-corrected chi connectivity index (χ0v) is 64.1. The van der Waals surface area contributed by atoms with E-state index in [9.17, 15) is 0 Å². The van der Waals surface area contributed by atoms with Gasteiger partial charge in [0.1, 0.15) is 11.2 Å². The lowest BCUT2D eigenvalue weighted by molar-refractivity contribution is 0.669. The van der Waals surface area contributed by atoms with Crippen LogP contribution in [0.25, 0.3) is 185 Å². The summed E-state index contributed by atoms with van der Waals surface area (Å²) in [5.41, 5.74) is 29.3. The molecule has 542 valence electrons. The summed E-state index contributed by atoms with van der Waals surface area (Å²) in [6.07, 6.45) is 0. The predicted molar refractivity (Wildman–Crippen MR) is 495 cm³/mol. The fraction of sp³-hybridized carbons (Fsp3) is 0. The Kier molecular flexibility index (Phi) is 16.8. The van der Waals surface area contributed by atoms with Gasteiger partial charge < -0.3 is 14.2 Å². The largest absolute Gasteiger partial charge is 0.456 e. The van der Waals surface area contributed by atoms with Crippen LogP contribution in [0.1, 0.15) is 0 Å². The maximum absolute atomic E-state index is 6.25. The Morgan fingerprint density at radius 1 is 0.172 bits per heavy atom. The SMILES string of the molecule is c1ccc(-c2ccc(-c3ccc(N(c4ccc(-c5ccc6oc7ccccc7c6c5)cc4)c4ccccc4-c4cccc(-c5cccc6cc(-c7ccc8c(c7)cc(-c7ccc(N(c9ccccc9-c9cccc(-c%10cccc%11ccccc%10%11)c9)c9cccc%10sc%11ccccc%11c9%10)cc7)c7ccccc78)ccc56)c4)cc3)cc2)cc1. The normalized spacial score (nSPS) is 11.6. The van der Waals surface area contributed by atoms with Crippen LogP contribution in [0, 0.1) is 0 Å². The summed E-state index contributed by atoms with van der Waals surface area (Å²) in [5.74, 6) is 0. The Morgan fingerprint density at radius 3 is 1.24 bits per heavy atom. The van der Waals surface area contributed by atoms with Crippen molar-refractivity contribution >= 4 is 131 Å². The van der Waals surface area contributed by atoms with E-state index in [4.69, 9.17) is 4.42 Å². The molecule has 4 heteroatoms. The van der Waals surface area contributed by atoms with E-state index in [0.717, 1.165) is 106 Å². The summed E-state index contributed by atoms with van der Waals surface area (Å²) < 4.78 is 8.78. The number of benzene rings is 20. The minimum Gasteiger partial charge on any atom is -0.456 e. The van der Waals surface area contributed by atoms with Gasteiger partial charge in [0.2, 0.25) is 0 Å². The highest BCUT2D eigenvalue weighted by Gasteiger charge is 2.25. The molecule has 0 atom stereocenters. The van der Waals surface area contributed by atoms with Crippen LogP contribution >= 0.6 is 11.3 Å².